The molecule has 1 atom stereocenters. The van der Waals surface area contributed by atoms with Crippen LogP contribution in [0.4, 0.5) is 0 Å². The lowest BCUT2D eigenvalue weighted by atomic mass is 9.92. The maximum atomic E-state index is 10.9. The Labute approximate surface area is 123 Å². The second-order valence-corrected chi connectivity index (χ2v) is 4.92. The molecule has 0 spiro atoms. The number of hydrogen-bond donors (Lipinski definition) is 0. The van der Waals surface area contributed by atoms with E-state index < -0.39 is 0 Å². The molecule has 1 aromatic heterocycles. The van der Waals surface area contributed by atoms with Gasteiger partial charge in [0.25, 0.3) is 0 Å². The van der Waals surface area contributed by atoms with Gasteiger partial charge in [-0.1, -0.05) is 29.8 Å². The Hall–Kier alpha value is -1.87. The highest BCUT2D eigenvalue weighted by molar-refractivity contribution is 6.30. The molecule has 0 bridgehead atoms. The van der Waals surface area contributed by atoms with Crippen LogP contribution in [0.3, 0.4) is 0 Å². The number of aromatic nitrogens is 1. The average molecular weight is 290 g/mol. The quantitative estimate of drug-likeness (QED) is 0.786. The van der Waals surface area contributed by atoms with Crippen molar-refractivity contribution < 1.29 is 9.53 Å². The van der Waals surface area contributed by atoms with Gasteiger partial charge in [-0.05, 0) is 36.2 Å². The molecule has 4 heteroatoms. The number of esters is 1. The fraction of sp³-hybridized carbons (Fsp3) is 0.250. The molecule has 0 aliphatic carbocycles. The number of carbonyl (C=O) groups is 1. The molecule has 2 rings (SSSR count). The van der Waals surface area contributed by atoms with Crippen molar-refractivity contribution in [2.75, 3.05) is 6.61 Å². The largest absolute Gasteiger partial charge is 0.466 e. The number of pyridine rings is 1. The van der Waals surface area contributed by atoms with E-state index in [0.717, 1.165) is 11.3 Å². The van der Waals surface area contributed by atoms with E-state index in [1.807, 2.05) is 42.5 Å². The zero-order valence-corrected chi connectivity index (χ0v) is 12.0. The molecule has 0 radical (unpaired) electrons. The van der Waals surface area contributed by atoms with Crippen molar-refractivity contribution in [2.24, 2.45) is 0 Å². The normalized spacial score (nSPS) is 11.9. The molecule has 1 heterocycles. The third-order valence-electron chi connectivity index (χ3n) is 3.03. The molecule has 20 heavy (non-hydrogen) atoms. The summed E-state index contributed by atoms with van der Waals surface area (Å²) >= 11 is 5.92. The van der Waals surface area contributed by atoms with Gasteiger partial charge >= 0.3 is 5.97 Å². The van der Waals surface area contributed by atoms with Crippen molar-refractivity contribution in [1.29, 1.82) is 0 Å². The summed E-state index contributed by atoms with van der Waals surface area (Å²) in [5.41, 5.74) is 2.07. The van der Waals surface area contributed by atoms with Crippen molar-refractivity contribution in [3.8, 4) is 0 Å². The van der Waals surface area contributed by atoms with Gasteiger partial charge in [0.2, 0.25) is 0 Å². The van der Waals surface area contributed by atoms with E-state index >= 15 is 0 Å². The Bertz CT molecular complexity index is 554. The van der Waals surface area contributed by atoms with Crippen LogP contribution >= 0.6 is 11.6 Å². The number of carbonyl (C=O) groups excluding carboxylic acids is 1. The Morgan fingerprint density at radius 3 is 2.60 bits per heavy atom. The van der Waals surface area contributed by atoms with Crippen molar-refractivity contribution in [3.05, 3.63) is 64.9 Å². The van der Waals surface area contributed by atoms with Crippen LogP contribution in [0.25, 0.3) is 0 Å². The number of ether oxygens (including phenoxy) is 1. The van der Waals surface area contributed by atoms with E-state index in [1.54, 1.807) is 6.20 Å². The monoisotopic (exact) mass is 289 g/mol. The number of hydrogen-bond acceptors (Lipinski definition) is 3. The molecule has 1 unspecified atom stereocenters. The summed E-state index contributed by atoms with van der Waals surface area (Å²) in [6, 6.07) is 13.5. The zero-order valence-electron chi connectivity index (χ0n) is 11.3. The standard InChI is InChI=1S/C16H16ClNO2/c1-12(19)20-11-9-15(16-4-2-3-10-18-16)13-5-7-14(17)8-6-13/h2-8,10,15H,9,11H2,1H3. The first kappa shape index (κ1) is 14.5. The molecule has 0 amide bonds. The predicted octanol–water partition coefficient (Wildman–Crippen LogP) is 3.82. The lowest BCUT2D eigenvalue weighted by molar-refractivity contribution is -0.141. The molecule has 2 aromatic rings. The smallest absolute Gasteiger partial charge is 0.302 e. The first-order valence-corrected chi connectivity index (χ1v) is 6.84. The Balaban J connectivity index is 2.20. The molecular formula is C16H16ClNO2. The van der Waals surface area contributed by atoms with Gasteiger partial charge in [-0.2, -0.15) is 0 Å². The topological polar surface area (TPSA) is 39.2 Å². The van der Waals surface area contributed by atoms with Gasteiger partial charge < -0.3 is 4.74 Å². The van der Waals surface area contributed by atoms with Crippen LogP contribution in [0.5, 0.6) is 0 Å². The highest BCUT2D eigenvalue weighted by atomic mass is 35.5. The molecular weight excluding hydrogens is 274 g/mol. The lowest BCUT2D eigenvalue weighted by Crippen LogP contribution is -2.09. The molecule has 3 nitrogen and oxygen atoms in total. The summed E-state index contributed by atoms with van der Waals surface area (Å²) in [5, 5.41) is 0.702. The van der Waals surface area contributed by atoms with Crippen LogP contribution < -0.4 is 0 Å². The van der Waals surface area contributed by atoms with E-state index in [2.05, 4.69) is 4.98 Å². The second-order valence-electron chi connectivity index (χ2n) is 4.49. The maximum Gasteiger partial charge on any atom is 0.302 e. The van der Waals surface area contributed by atoms with Crippen molar-refractivity contribution in [2.45, 2.75) is 19.3 Å². The summed E-state index contributed by atoms with van der Waals surface area (Å²) in [7, 11) is 0. The van der Waals surface area contributed by atoms with Gasteiger partial charge in [-0.25, -0.2) is 0 Å². The SMILES string of the molecule is CC(=O)OCCC(c1ccc(Cl)cc1)c1ccccn1. The molecule has 0 N–H and O–H groups in total. The Morgan fingerprint density at radius 2 is 2.00 bits per heavy atom. The highest BCUT2D eigenvalue weighted by Gasteiger charge is 2.15. The predicted molar refractivity (Wildman–Crippen MR) is 78.8 cm³/mol. The summed E-state index contributed by atoms with van der Waals surface area (Å²) in [6.07, 6.45) is 2.46. The van der Waals surface area contributed by atoms with Crippen LogP contribution in [0.15, 0.2) is 48.7 Å². The average Bonchev–Trinajstić information content (AvgIpc) is 2.46. The highest BCUT2D eigenvalue weighted by Crippen LogP contribution is 2.27. The fourth-order valence-corrected chi connectivity index (χ4v) is 2.21. The van der Waals surface area contributed by atoms with E-state index in [1.165, 1.54) is 6.92 Å². The molecule has 0 fully saturated rings. The van der Waals surface area contributed by atoms with Crippen LogP contribution in [0.1, 0.15) is 30.5 Å². The molecule has 104 valence electrons. The van der Waals surface area contributed by atoms with E-state index in [-0.39, 0.29) is 11.9 Å². The van der Waals surface area contributed by atoms with Crippen molar-refractivity contribution in [3.63, 3.8) is 0 Å². The van der Waals surface area contributed by atoms with Crippen LogP contribution in [-0.4, -0.2) is 17.6 Å². The third kappa shape index (κ3) is 4.07. The van der Waals surface area contributed by atoms with Crippen LogP contribution in [0, 0.1) is 0 Å². The van der Waals surface area contributed by atoms with Crippen LogP contribution in [-0.2, 0) is 9.53 Å². The van der Waals surface area contributed by atoms with Crippen molar-refractivity contribution >= 4 is 17.6 Å². The summed E-state index contributed by atoms with van der Waals surface area (Å²) in [4.78, 5) is 15.3. The number of nitrogens with zero attached hydrogens (tertiary/aromatic N) is 1. The first-order valence-electron chi connectivity index (χ1n) is 6.46. The molecule has 0 aliphatic heterocycles. The number of halogens is 1. The summed E-state index contributed by atoms with van der Waals surface area (Å²) in [6.45, 7) is 1.79. The third-order valence-corrected chi connectivity index (χ3v) is 3.28. The summed E-state index contributed by atoms with van der Waals surface area (Å²) in [5.74, 6) is -0.173. The minimum Gasteiger partial charge on any atom is -0.466 e. The van der Waals surface area contributed by atoms with Gasteiger partial charge in [0.1, 0.15) is 0 Å². The van der Waals surface area contributed by atoms with E-state index in [4.69, 9.17) is 16.3 Å². The van der Waals surface area contributed by atoms with Crippen molar-refractivity contribution in [1.82, 2.24) is 4.98 Å². The number of rotatable bonds is 5. The van der Waals surface area contributed by atoms with Gasteiger partial charge in [0.05, 0.1) is 6.61 Å². The minimum absolute atomic E-state index is 0.0906. The van der Waals surface area contributed by atoms with Gasteiger partial charge in [-0.15, -0.1) is 0 Å². The van der Waals surface area contributed by atoms with Gasteiger partial charge in [0, 0.05) is 29.8 Å². The first-order chi connectivity index (χ1) is 9.66. The van der Waals surface area contributed by atoms with Gasteiger partial charge in [0.15, 0.2) is 0 Å². The molecule has 1 aromatic carbocycles. The molecule has 0 saturated heterocycles. The summed E-state index contributed by atoms with van der Waals surface area (Å²) < 4.78 is 5.05. The van der Waals surface area contributed by atoms with Gasteiger partial charge in [-0.3, -0.25) is 9.78 Å². The molecule has 0 aliphatic rings. The molecule has 0 saturated carbocycles. The van der Waals surface area contributed by atoms with E-state index in [9.17, 15) is 4.79 Å². The fourth-order valence-electron chi connectivity index (χ4n) is 2.08. The Kier molecular flexibility index (Phi) is 5.13. The second kappa shape index (κ2) is 7.06. The number of benzene rings is 1. The minimum atomic E-state index is -0.263. The maximum absolute atomic E-state index is 10.9. The zero-order chi connectivity index (χ0) is 14.4. The Morgan fingerprint density at radius 1 is 1.25 bits per heavy atom. The van der Waals surface area contributed by atoms with E-state index in [0.29, 0.717) is 18.1 Å². The lowest BCUT2D eigenvalue weighted by Gasteiger charge is -2.17. The van der Waals surface area contributed by atoms with Crippen LogP contribution in [0.2, 0.25) is 5.02 Å².